The van der Waals surface area contributed by atoms with E-state index < -0.39 is 42.9 Å². The summed E-state index contributed by atoms with van der Waals surface area (Å²) >= 11 is 0. The smallest absolute Gasteiger partial charge is 0.0775 e. The van der Waals surface area contributed by atoms with Gasteiger partial charge in [-0.2, -0.15) is 0 Å². The SMILES string of the molecule is [2H]C(C)(C)c1ccc(N(C)c2ccc([Si](C)(C)C)cc2)cc1.[2H]C([2H])([2H])c1ccc(N(C)c2ccc(C)cc2)cc1.[2H]C1(c2ccc(N(C)c3ccc([Si](C)(C)C)cc3)cc2)CCC(C)(C)CC1.[2H]C1(c2ccc(N(C)c3ccc([Si](C)(C)C)cc3)cc2)CCCCC1. The summed E-state index contributed by atoms with van der Waals surface area (Å²) in [6.45, 7) is 29.9. The molecule has 0 saturated heterocycles. The second-order valence-electron chi connectivity index (χ2n) is 28.6. The Bertz CT molecular complexity index is 3530. The fourth-order valence-electron chi connectivity index (χ4n) is 11.2. The van der Waals surface area contributed by atoms with Crippen molar-refractivity contribution in [3.8, 4) is 0 Å². The van der Waals surface area contributed by atoms with Crippen molar-refractivity contribution in [1.82, 2.24) is 0 Å². The Hall–Kier alpha value is -6.39. The Balaban J connectivity index is 0.000000177. The van der Waals surface area contributed by atoms with Gasteiger partial charge >= 0.3 is 0 Å². The van der Waals surface area contributed by atoms with Gasteiger partial charge < -0.3 is 19.6 Å². The maximum Gasteiger partial charge on any atom is 0.0775 e. The fourth-order valence-corrected chi connectivity index (χ4v) is 14.7. The third-order valence-electron chi connectivity index (χ3n) is 17.9. The molecule has 7 heteroatoms. The molecule has 8 aromatic carbocycles. The molecule has 0 spiro atoms. The highest BCUT2D eigenvalue weighted by atomic mass is 28.3. The summed E-state index contributed by atoms with van der Waals surface area (Å²) in [5.41, 5.74) is 14.6. The number of nitrogens with zero attached hydrogens (tertiary/aromatic N) is 4. The molecule has 0 N–H and O–H groups in total. The highest BCUT2D eigenvalue weighted by molar-refractivity contribution is 6.89. The van der Waals surface area contributed by atoms with Gasteiger partial charge in [0.2, 0.25) is 0 Å². The average molecular weight is 1220 g/mol. The third kappa shape index (κ3) is 19.8. The van der Waals surface area contributed by atoms with Gasteiger partial charge in [0.05, 0.1) is 24.2 Å². The molecular formula is C80H110N4Si3. The first kappa shape index (κ1) is 59.6. The molecule has 0 radical (unpaired) electrons. The summed E-state index contributed by atoms with van der Waals surface area (Å²) in [7, 11) is 4.56. The van der Waals surface area contributed by atoms with E-state index in [1.807, 2.05) is 50.1 Å². The van der Waals surface area contributed by atoms with Gasteiger partial charge in [-0.15, -0.1) is 0 Å². The topological polar surface area (TPSA) is 13.0 Å². The predicted molar refractivity (Wildman–Crippen MR) is 397 cm³/mol. The molecule has 2 aliphatic rings. The lowest BCUT2D eigenvalue weighted by Crippen LogP contribution is -2.37. The van der Waals surface area contributed by atoms with Crippen LogP contribution in [0, 0.1) is 19.2 Å². The van der Waals surface area contributed by atoms with Crippen molar-refractivity contribution >= 4 is 85.3 Å². The maximum atomic E-state index is 8.95. The van der Waals surface area contributed by atoms with Crippen LogP contribution in [0.15, 0.2) is 194 Å². The Labute approximate surface area is 541 Å². The summed E-state index contributed by atoms with van der Waals surface area (Å²) in [6, 6.07) is 67.9. The van der Waals surface area contributed by atoms with E-state index in [0.717, 1.165) is 61.2 Å². The summed E-state index contributed by atoms with van der Waals surface area (Å²) in [5.74, 6) is -1.32. The Morgan fingerprint density at radius 2 is 0.632 bits per heavy atom. The second kappa shape index (κ2) is 30.2. The van der Waals surface area contributed by atoms with E-state index in [1.165, 1.54) is 79.9 Å². The lowest BCUT2D eigenvalue weighted by atomic mass is 9.71. The predicted octanol–water partition coefficient (Wildman–Crippen LogP) is 21.9. The van der Waals surface area contributed by atoms with Crippen LogP contribution in [-0.4, -0.2) is 52.4 Å². The molecule has 2 aliphatic carbocycles. The van der Waals surface area contributed by atoms with E-state index in [2.05, 4.69) is 273 Å². The highest BCUT2D eigenvalue weighted by Gasteiger charge is 2.28. The number of hydrogen-bond donors (Lipinski definition) is 0. The van der Waals surface area contributed by atoms with Gasteiger partial charge in [0.15, 0.2) is 0 Å². The molecule has 87 heavy (non-hydrogen) atoms. The molecule has 4 nitrogen and oxygen atoms in total. The second-order valence-corrected chi connectivity index (χ2v) is 43.8. The normalized spacial score (nSPS) is 16.5. The molecule has 0 aromatic heterocycles. The van der Waals surface area contributed by atoms with Crippen LogP contribution in [-0.2, 0) is 0 Å². The first-order valence-electron chi connectivity index (χ1n) is 35.0. The van der Waals surface area contributed by atoms with Crippen molar-refractivity contribution in [2.75, 3.05) is 47.8 Å². The number of anilines is 8. The van der Waals surface area contributed by atoms with Crippen molar-refractivity contribution in [2.24, 2.45) is 5.41 Å². The maximum absolute atomic E-state index is 8.95. The van der Waals surface area contributed by atoms with Gasteiger partial charge in [-0.3, -0.25) is 0 Å². The lowest BCUT2D eigenvalue weighted by molar-refractivity contribution is 0.224. The van der Waals surface area contributed by atoms with Crippen LogP contribution in [0.4, 0.5) is 45.5 Å². The summed E-state index contributed by atoms with van der Waals surface area (Å²) in [5, 5.41) is 4.47. The zero-order chi connectivity index (χ0) is 68.5. The molecule has 2 fully saturated rings. The van der Waals surface area contributed by atoms with Gasteiger partial charge in [0.25, 0.3) is 0 Å². The Morgan fingerprint density at radius 1 is 0.379 bits per heavy atom. The van der Waals surface area contributed by atoms with Crippen LogP contribution in [0.3, 0.4) is 0 Å². The molecule has 0 aliphatic heterocycles. The first-order chi connectivity index (χ1) is 43.3. The Morgan fingerprint density at radius 3 is 0.908 bits per heavy atom. The van der Waals surface area contributed by atoms with Crippen LogP contribution in [0.1, 0.15) is 139 Å². The van der Waals surface area contributed by atoms with E-state index >= 15 is 0 Å². The van der Waals surface area contributed by atoms with E-state index in [0.29, 0.717) is 11.0 Å². The number of aryl methyl sites for hydroxylation is 2. The monoisotopic (exact) mass is 1220 g/mol. The van der Waals surface area contributed by atoms with Gasteiger partial charge in [-0.25, -0.2) is 0 Å². The molecule has 0 unspecified atom stereocenters. The lowest BCUT2D eigenvalue weighted by Gasteiger charge is -2.34. The van der Waals surface area contributed by atoms with Crippen molar-refractivity contribution in [3.63, 3.8) is 0 Å². The van der Waals surface area contributed by atoms with E-state index in [1.54, 1.807) is 12.1 Å². The standard InChI is InChI=1S/C24H35NSi.C22H31NSi.C19H27NSi.C15H17N/c1-24(2)17-15-20(16-18-24)19-7-9-21(10-8-19)25(3)22-11-13-23(14-12-22)26(4,5)6;1-23(21-14-16-22(17-15-21)24(2,3)4)20-12-10-19(11-13-20)18-8-6-5-7-9-18;1-15(2)16-7-9-17(10-8-16)20(3)18-11-13-19(14-12-18)21(4,5)6;1-12-4-8-14(9-5-12)16(3)15-10-6-13(2)7-11-15/h7-14,20H,15-18H2,1-6H3;10-18H,5-9H2,1-4H3;7-15H,1-6H3;4-11H,1-3H3/i20D;18D;15D;1D3. The molecule has 0 amide bonds. The first-order valence-corrected chi connectivity index (χ1v) is 42.5. The van der Waals surface area contributed by atoms with Crippen LogP contribution in [0.2, 0.25) is 58.9 Å². The molecule has 10 rings (SSSR count). The number of rotatable bonds is 14. The van der Waals surface area contributed by atoms with E-state index in [4.69, 9.17) is 8.22 Å². The molecule has 462 valence electrons. The average Bonchev–Trinajstić information content (AvgIpc) is 0.841. The fraction of sp³-hybridized carbons (Fsp3) is 0.400. The van der Waals surface area contributed by atoms with E-state index in [-0.39, 0.29) is 5.89 Å². The van der Waals surface area contributed by atoms with Gasteiger partial charge in [0.1, 0.15) is 0 Å². The van der Waals surface area contributed by atoms with E-state index in [9.17, 15) is 0 Å². The van der Waals surface area contributed by atoms with Crippen LogP contribution >= 0.6 is 0 Å². The minimum atomic E-state index is -2.04. The Kier molecular flexibility index (Phi) is 20.7. The van der Waals surface area contributed by atoms with Crippen LogP contribution in [0.25, 0.3) is 0 Å². The van der Waals surface area contributed by atoms with Gasteiger partial charge in [0, 0.05) is 81.9 Å². The van der Waals surface area contributed by atoms with Crippen molar-refractivity contribution < 1.29 is 8.22 Å². The van der Waals surface area contributed by atoms with Gasteiger partial charge in [-0.05, 0) is 189 Å². The molecule has 0 atom stereocenters. The largest absolute Gasteiger partial charge is 0.345 e. The van der Waals surface area contributed by atoms with Crippen LogP contribution < -0.4 is 35.2 Å². The number of hydrogen-bond acceptors (Lipinski definition) is 4. The molecule has 0 heterocycles. The summed E-state index contributed by atoms with van der Waals surface area (Å²) in [6.07, 6.45) is 9.88. The van der Waals surface area contributed by atoms with Crippen molar-refractivity contribution in [2.45, 2.75) is 176 Å². The number of benzene rings is 8. The minimum absolute atomic E-state index is 0.367. The minimum Gasteiger partial charge on any atom is -0.345 e. The summed E-state index contributed by atoms with van der Waals surface area (Å²) < 4.78 is 47.9. The van der Waals surface area contributed by atoms with Gasteiger partial charge in [-0.1, -0.05) is 230 Å². The third-order valence-corrected chi connectivity index (χ3v) is 24.1. The van der Waals surface area contributed by atoms with Crippen LogP contribution in [0.5, 0.6) is 0 Å². The zero-order valence-corrected chi connectivity index (χ0v) is 59.6. The molecular weight excluding hydrogens is 1100 g/mol. The van der Waals surface area contributed by atoms with Crippen molar-refractivity contribution in [3.05, 3.63) is 222 Å². The molecule has 2 saturated carbocycles. The molecule has 0 bridgehead atoms. The highest BCUT2D eigenvalue weighted by Crippen LogP contribution is 2.43. The zero-order valence-electron chi connectivity index (χ0n) is 62.6. The molecule has 8 aromatic rings. The van der Waals surface area contributed by atoms with Crippen molar-refractivity contribution in [1.29, 1.82) is 0 Å². The quantitative estimate of drug-likeness (QED) is 0.101. The summed E-state index contributed by atoms with van der Waals surface area (Å²) in [4.78, 5) is 8.69.